The number of halogens is 1. The van der Waals surface area contributed by atoms with E-state index in [-0.39, 0.29) is 0 Å². The van der Waals surface area contributed by atoms with Gasteiger partial charge in [-0.2, -0.15) is 0 Å². The lowest BCUT2D eigenvalue weighted by atomic mass is 10.1. The topological polar surface area (TPSA) is 34.0 Å². The van der Waals surface area contributed by atoms with Gasteiger partial charge in [-0.3, -0.25) is 4.90 Å². The number of nitrogens with zero attached hydrogens (tertiary/aromatic N) is 4. The van der Waals surface area contributed by atoms with E-state index in [4.69, 9.17) is 16.6 Å². The van der Waals surface area contributed by atoms with Crippen molar-refractivity contribution in [2.24, 2.45) is 7.05 Å². The number of aromatic nitrogens is 3. The number of hydrogen-bond donors (Lipinski definition) is 0. The summed E-state index contributed by atoms with van der Waals surface area (Å²) in [6.07, 6.45) is 2.83. The molecule has 0 atom stereocenters. The first-order valence-electron chi connectivity index (χ1n) is 7.41. The van der Waals surface area contributed by atoms with E-state index < -0.39 is 0 Å². The van der Waals surface area contributed by atoms with Gasteiger partial charge in [-0.25, -0.2) is 9.97 Å². The lowest BCUT2D eigenvalue weighted by Crippen LogP contribution is -2.30. The fourth-order valence-corrected chi connectivity index (χ4v) is 3.25. The predicted octanol–water partition coefficient (Wildman–Crippen LogP) is 3.15. The number of rotatable bonds is 3. The quantitative estimate of drug-likeness (QED) is 0.817. The van der Waals surface area contributed by atoms with Crippen molar-refractivity contribution < 1.29 is 0 Å². The maximum absolute atomic E-state index is 5.96. The maximum atomic E-state index is 5.96. The monoisotopic (exact) mass is 304 g/mol. The lowest BCUT2D eigenvalue weighted by Gasteiger charge is -2.26. The van der Waals surface area contributed by atoms with Crippen LogP contribution in [0, 0.1) is 0 Å². The van der Waals surface area contributed by atoms with Crippen LogP contribution in [0.5, 0.6) is 0 Å². The van der Waals surface area contributed by atoms with E-state index in [1.54, 1.807) is 6.20 Å². The van der Waals surface area contributed by atoms with Crippen molar-refractivity contribution in [2.75, 3.05) is 6.54 Å². The van der Waals surface area contributed by atoms with Crippen LogP contribution in [0.4, 0.5) is 0 Å². The summed E-state index contributed by atoms with van der Waals surface area (Å²) in [4.78, 5) is 11.3. The third-order valence-electron chi connectivity index (χ3n) is 4.08. The molecule has 2 aromatic heterocycles. The molecule has 3 rings (SSSR count). The summed E-state index contributed by atoms with van der Waals surface area (Å²) in [5.41, 5.74) is 3.83. The fraction of sp³-hybridized carbons (Fsp3) is 0.500. The van der Waals surface area contributed by atoms with Crippen molar-refractivity contribution in [1.82, 2.24) is 19.4 Å². The second-order valence-electron chi connectivity index (χ2n) is 6.02. The first-order chi connectivity index (χ1) is 10.0. The van der Waals surface area contributed by atoms with Gasteiger partial charge in [0.25, 0.3) is 0 Å². The largest absolute Gasteiger partial charge is 0.335 e. The summed E-state index contributed by atoms with van der Waals surface area (Å²) in [6, 6.07) is 3.97. The Hall–Kier alpha value is -1.39. The third-order valence-corrected chi connectivity index (χ3v) is 4.29. The van der Waals surface area contributed by atoms with Gasteiger partial charge in [0, 0.05) is 50.9 Å². The van der Waals surface area contributed by atoms with Gasteiger partial charge in [0.15, 0.2) is 0 Å². The highest BCUT2D eigenvalue weighted by Crippen LogP contribution is 2.24. The lowest BCUT2D eigenvalue weighted by molar-refractivity contribution is 0.240. The molecule has 1 aliphatic heterocycles. The van der Waals surface area contributed by atoms with Crippen molar-refractivity contribution in [1.29, 1.82) is 0 Å². The van der Waals surface area contributed by atoms with E-state index >= 15 is 0 Å². The van der Waals surface area contributed by atoms with Gasteiger partial charge >= 0.3 is 0 Å². The zero-order chi connectivity index (χ0) is 15.0. The molecule has 1 aliphatic rings. The molecule has 0 unspecified atom stereocenters. The van der Waals surface area contributed by atoms with Crippen molar-refractivity contribution in [3.05, 3.63) is 46.3 Å². The highest BCUT2D eigenvalue weighted by molar-refractivity contribution is 6.29. The summed E-state index contributed by atoms with van der Waals surface area (Å²) >= 11 is 5.96. The Balaban J connectivity index is 1.77. The number of fused-ring (bicyclic) bond motifs is 1. The molecular formula is C16H21ClN4. The van der Waals surface area contributed by atoms with Gasteiger partial charge in [-0.05, 0) is 17.7 Å². The van der Waals surface area contributed by atoms with E-state index in [9.17, 15) is 0 Å². The van der Waals surface area contributed by atoms with E-state index in [2.05, 4.69) is 35.3 Å². The van der Waals surface area contributed by atoms with Gasteiger partial charge < -0.3 is 4.57 Å². The van der Waals surface area contributed by atoms with Crippen LogP contribution in [-0.2, 0) is 26.6 Å². The first kappa shape index (κ1) is 14.5. The second kappa shape index (κ2) is 5.78. The standard InChI is InChI=1S/C16H21ClN4/c1-11(2)16-19-13-10-21(7-5-14(13)20(16)3)9-12-4-6-18-15(17)8-12/h4,6,8,11H,5,7,9-10H2,1-3H3. The predicted molar refractivity (Wildman–Crippen MR) is 84.4 cm³/mol. The molecule has 0 saturated carbocycles. The molecule has 0 aliphatic carbocycles. The summed E-state index contributed by atoms with van der Waals surface area (Å²) < 4.78 is 2.28. The molecule has 0 aromatic carbocycles. The normalized spacial score (nSPS) is 15.5. The Labute approximate surface area is 130 Å². The number of imidazole rings is 1. The van der Waals surface area contributed by atoms with Gasteiger partial charge in [0.2, 0.25) is 0 Å². The van der Waals surface area contributed by atoms with Gasteiger partial charge in [0.1, 0.15) is 11.0 Å². The molecule has 0 fully saturated rings. The van der Waals surface area contributed by atoms with E-state index in [0.29, 0.717) is 11.1 Å². The van der Waals surface area contributed by atoms with Crippen LogP contribution < -0.4 is 0 Å². The Bertz CT molecular complexity index is 648. The van der Waals surface area contributed by atoms with Crippen LogP contribution in [-0.4, -0.2) is 26.0 Å². The van der Waals surface area contributed by atoms with Gasteiger partial charge in [-0.15, -0.1) is 0 Å². The molecule has 2 aromatic rings. The van der Waals surface area contributed by atoms with E-state index in [1.165, 1.54) is 22.8 Å². The minimum absolute atomic E-state index is 0.466. The SMILES string of the molecule is CC(C)c1nc2c(n1C)CCN(Cc1ccnc(Cl)c1)C2. The molecule has 112 valence electrons. The average molecular weight is 305 g/mol. The molecule has 0 amide bonds. The highest BCUT2D eigenvalue weighted by Gasteiger charge is 2.23. The molecule has 0 N–H and O–H groups in total. The second-order valence-corrected chi connectivity index (χ2v) is 6.41. The fourth-order valence-electron chi connectivity index (χ4n) is 3.05. The van der Waals surface area contributed by atoms with Crippen LogP contribution in [0.2, 0.25) is 5.15 Å². The molecular weight excluding hydrogens is 284 g/mol. The molecule has 21 heavy (non-hydrogen) atoms. The minimum atomic E-state index is 0.466. The Morgan fingerprint density at radius 2 is 2.19 bits per heavy atom. The Morgan fingerprint density at radius 3 is 2.90 bits per heavy atom. The summed E-state index contributed by atoms with van der Waals surface area (Å²) in [7, 11) is 2.14. The van der Waals surface area contributed by atoms with Gasteiger partial charge in [0.05, 0.1) is 5.69 Å². The minimum Gasteiger partial charge on any atom is -0.335 e. The van der Waals surface area contributed by atoms with Crippen molar-refractivity contribution in [3.8, 4) is 0 Å². The van der Waals surface area contributed by atoms with Crippen LogP contribution in [0.3, 0.4) is 0 Å². The van der Waals surface area contributed by atoms with Crippen LogP contribution in [0.25, 0.3) is 0 Å². The molecule has 5 heteroatoms. The molecule has 0 radical (unpaired) electrons. The van der Waals surface area contributed by atoms with Crippen LogP contribution in [0.1, 0.15) is 42.5 Å². The summed E-state index contributed by atoms with van der Waals surface area (Å²) in [5, 5.41) is 0.560. The van der Waals surface area contributed by atoms with E-state index in [0.717, 1.165) is 26.1 Å². The smallest absolute Gasteiger partial charge is 0.129 e. The van der Waals surface area contributed by atoms with Crippen LogP contribution in [0.15, 0.2) is 18.3 Å². The molecule has 0 spiro atoms. The van der Waals surface area contributed by atoms with Gasteiger partial charge in [-0.1, -0.05) is 25.4 Å². The average Bonchev–Trinajstić information content (AvgIpc) is 2.76. The summed E-state index contributed by atoms with van der Waals surface area (Å²) in [5.74, 6) is 1.65. The zero-order valence-electron chi connectivity index (χ0n) is 12.8. The first-order valence-corrected chi connectivity index (χ1v) is 7.79. The van der Waals surface area contributed by atoms with Crippen molar-refractivity contribution in [3.63, 3.8) is 0 Å². The zero-order valence-corrected chi connectivity index (χ0v) is 13.6. The number of pyridine rings is 1. The Morgan fingerprint density at radius 1 is 1.38 bits per heavy atom. The van der Waals surface area contributed by atoms with E-state index in [1.807, 2.05) is 12.1 Å². The van der Waals surface area contributed by atoms with Crippen LogP contribution >= 0.6 is 11.6 Å². The molecule has 4 nitrogen and oxygen atoms in total. The van der Waals surface area contributed by atoms with Crippen molar-refractivity contribution in [2.45, 2.75) is 39.3 Å². The highest BCUT2D eigenvalue weighted by atomic mass is 35.5. The van der Waals surface area contributed by atoms with Crippen molar-refractivity contribution >= 4 is 11.6 Å². The number of hydrogen-bond acceptors (Lipinski definition) is 3. The third kappa shape index (κ3) is 2.97. The Kier molecular flexibility index (Phi) is 4.00. The maximum Gasteiger partial charge on any atom is 0.129 e. The summed E-state index contributed by atoms with van der Waals surface area (Å²) in [6.45, 7) is 7.27. The molecule has 0 bridgehead atoms. The molecule has 0 saturated heterocycles. The molecule has 3 heterocycles.